The number of rotatable bonds is 10. The van der Waals surface area contributed by atoms with E-state index in [-0.39, 0.29) is 29.6 Å². The van der Waals surface area contributed by atoms with Crippen LogP contribution in [0.3, 0.4) is 0 Å². The number of thiazole rings is 1. The molecule has 0 fully saturated rings. The molecule has 0 saturated carbocycles. The quantitative estimate of drug-likeness (QED) is 0.159. The predicted molar refractivity (Wildman–Crippen MR) is 143 cm³/mol. The molecule has 36 heavy (non-hydrogen) atoms. The largest absolute Gasteiger partial charge is 0.384 e. The van der Waals surface area contributed by atoms with E-state index in [1.54, 1.807) is 30.3 Å². The second-order valence-corrected chi connectivity index (χ2v) is 10.9. The number of aromatic nitrogens is 1. The second kappa shape index (κ2) is 11.0. The molecule has 3 aromatic carbocycles. The van der Waals surface area contributed by atoms with Crippen LogP contribution in [0.25, 0.3) is 10.2 Å². The first-order valence-corrected chi connectivity index (χ1v) is 13.5. The molecule has 9 nitrogen and oxygen atoms in total. The lowest BCUT2D eigenvalue weighted by molar-refractivity contribution is -0.116. The summed E-state index contributed by atoms with van der Waals surface area (Å²) in [4.78, 5) is 16.6. The highest BCUT2D eigenvalue weighted by molar-refractivity contribution is 7.89. The number of anilines is 1. The minimum Gasteiger partial charge on any atom is -0.384 e. The number of fused-ring (bicyclic) bond motifs is 1. The summed E-state index contributed by atoms with van der Waals surface area (Å²) in [6, 6.07) is 20.1. The van der Waals surface area contributed by atoms with Crippen LogP contribution in [-0.2, 0) is 21.2 Å². The molecule has 11 heteroatoms. The van der Waals surface area contributed by atoms with E-state index in [0.29, 0.717) is 22.7 Å². The Kier molecular flexibility index (Phi) is 7.75. The Bertz CT molecular complexity index is 1480. The second-order valence-electron chi connectivity index (χ2n) is 8.13. The summed E-state index contributed by atoms with van der Waals surface area (Å²) < 4.78 is 30.6. The molecule has 4 rings (SSSR count). The molecule has 186 valence electrons. The van der Waals surface area contributed by atoms with Crippen molar-refractivity contribution in [1.29, 1.82) is 5.41 Å². The predicted octanol–water partition coefficient (Wildman–Crippen LogP) is 3.13. The first kappa shape index (κ1) is 25.5. The number of hydrogen-bond donors (Lipinski definition) is 5. The van der Waals surface area contributed by atoms with E-state index >= 15 is 0 Å². The number of para-hydroxylation sites is 1. The number of nitrogens with two attached hydrogens (primary N) is 2. The molecule has 0 bridgehead atoms. The average Bonchev–Trinajstić information content (AvgIpc) is 3.28. The lowest BCUT2D eigenvalue weighted by Gasteiger charge is -2.18. The molecule has 0 aliphatic rings. The Morgan fingerprint density at radius 1 is 1.06 bits per heavy atom. The van der Waals surface area contributed by atoms with E-state index in [2.05, 4.69) is 15.0 Å². The molecular formula is C25H26N6O3S2. The Morgan fingerprint density at radius 3 is 2.58 bits per heavy atom. The van der Waals surface area contributed by atoms with Crippen LogP contribution in [-0.4, -0.2) is 31.7 Å². The molecular weight excluding hydrogens is 496 g/mol. The van der Waals surface area contributed by atoms with Gasteiger partial charge in [0.05, 0.1) is 21.2 Å². The van der Waals surface area contributed by atoms with Gasteiger partial charge in [-0.1, -0.05) is 36.4 Å². The smallest absolute Gasteiger partial charge is 0.241 e. The van der Waals surface area contributed by atoms with E-state index in [1.807, 2.05) is 30.3 Å². The van der Waals surface area contributed by atoms with Gasteiger partial charge >= 0.3 is 0 Å². The van der Waals surface area contributed by atoms with Gasteiger partial charge in [-0.05, 0) is 48.4 Å². The van der Waals surface area contributed by atoms with Crippen LogP contribution >= 0.6 is 11.3 Å². The number of hydrogen-bond acceptors (Lipinski definition) is 7. The molecule has 1 aromatic heterocycles. The number of amidine groups is 1. The van der Waals surface area contributed by atoms with Gasteiger partial charge in [0, 0.05) is 24.2 Å². The topological polar surface area (TPSA) is 164 Å². The van der Waals surface area contributed by atoms with E-state index in [1.165, 1.54) is 23.5 Å². The van der Waals surface area contributed by atoms with Crippen molar-refractivity contribution in [2.75, 3.05) is 11.9 Å². The first-order chi connectivity index (χ1) is 17.2. The highest BCUT2D eigenvalue weighted by Crippen LogP contribution is 2.30. The Labute approximate surface area is 213 Å². The van der Waals surface area contributed by atoms with E-state index in [4.69, 9.17) is 16.9 Å². The Balaban J connectivity index is 1.67. The fourth-order valence-corrected chi connectivity index (χ4v) is 6.01. The standard InChI is InChI=1S/C25H26N6O3S2/c26-12-11-23(32)29-18-7-4-8-19(15-18)36(33,34)31-21(14-16-5-3-6-17(13-16)24(27)28)25-30-20-9-1-2-10-22(20)35-25/h1-10,13,15,21,31H,11-12,14,26H2,(H3,27,28)(H,29,32)/t21-/m0/s1. The van der Waals surface area contributed by atoms with Crippen molar-refractivity contribution in [3.05, 3.63) is 88.9 Å². The maximum Gasteiger partial charge on any atom is 0.241 e. The molecule has 0 spiro atoms. The van der Waals surface area contributed by atoms with Crippen molar-refractivity contribution >= 4 is 49.0 Å². The van der Waals surface area contributed by atoms with Gasteiger partial charge in [0.25, 0.3) is 0 Å². The number of amides is 1. The SMILES string of the molecule is N=C(N)c1cccc(C[C@H](NS(=O)(=O)c2cccc(NC(=O)CCN)c2)c2nc3ccccc3s2)c1. The van der Waals surface area contributed by atoms with Crippen LogP contribution in [0.2, 0.25) is 0 Å². The maximum absolute atomic E-state index is 13.4. The molecule has 1 atom stereocenters. The van der Waals surface area contributed by atoms with E-state index in [9.17, 15) is 13.2 Å². The fourth-order valence-electron chi connectivity index (χ4n) is 3.67. The summed E-state index contributed by atoms with van der Waals surface area (Å²) in [6.45, 7) is 0.194. The molecule has 4 aromatic rings. The summed E-state index contributed by atoms with van der Waals surface area (Å²) in [7, 11) is -3.99. The maximum atomic E-state index is 13.4. The van der Waals surface area contributed by atoms with Crippen molar-refractivity contribution in [3.63, 3.8) is 0 Å². The monoisotopic (exact) mass is 522 g/mol. The summed E-state index contributed by atoms with van der Waals surface area (Å²) in [5.41, 5.74) is 13.6. The van der Waals surface area contributed by atoms with Gasteiger partial charge in [0.1, 0.15) is 10.8 Å². The molecule has 7 N–H and O–H groups in total. The summed E-state index contributed by atoms with van der Waals surface area (Å²) in [6.07, 6.45) is 0.432. The summed E-state index contributed by atoms with van der Waals surface area (Å²) in [5.74, 6) is -0.361. The highest BCUT2D eigenvalue weighted by atomic mass is 32.2. The minimum atomic E-state index is -3.99. The van der Waals surface area contributed by atoms with Crippen LogP contribution < -0.4 is 21.5 Å². The third-order valence-corrected chi connectivity index (χ3v) is 8.00. The summed E-state index contributed by atoms with van der Waals surface area (Å²) >= 11 is 1.41. The van der Waals surface area contributed by atoms with Crippen molar-refractivity contribution in [2.24, 2.45) is 11.5 Å². The number of nitrogens with one attached hydrogen (secondary N) is 3. The summed E-state index contributed by atoms with van der Waals surface area (Å²) in [5, 5.41) is 11.0. The third kappa shape index (κ3) is 6.13. The van der Waals surface area contributed by atoms with Gasteiger partial charge in [-0.2, -0.15) is 0 Å². The van der Waals surface area contributed by atoms with Gasteiger partial charge in [-0.15, -0.1) is 11.3 Å². The number of nitrogens with zero attached hydrogens (tertiary/aromatic N) is 1. The van der Waals surface area contributed by atoms with Gasteiger partial charge in [-0.3, -0.25) is 10.2 Å². The van der Waals surface area contributed by atoms with Gasteiger partial charge < -0.3 is 16.8 Å². The highest BCUT2D eigenvalue weighted by Gasteiger charge is 2.25. The van der Waals surface area contributed by atoms with Crippen molar-refractivity contribution in [2.45, 2.75) is 23.8 Å². The van der Waals surface area contributed by atoms with Crippen molar-refractivity contribution < 1.29 is 13.2 Å². The van der Waals surface area contributed by atoms with E-state index < -0.39 is 16.1 Å². The first-order valence-electron chi connectivity index (χ1n) is 11.2. The zero-order chi connectivity index (χ0) is 25.7. The van der Waals surface area contributed by atoms with Gasteiger partial charge in [0.2, 0.25) is 15.9 Å². The van der Waals surface area contributed by atoms with Gasteiger partial charge in [-0.25, -0.2) is 18.1 Å². The van der Waals surface area contributed by atoms with Crippen molar-refractivity contribution in [1.82, 2.24) is 9.71 Å². The van der Waals surface area contributed by atoms with E-state index in [0.717, 1.165) is 15.8 Å². The number of benzene rings is 3. The van der Waals surface area contributed by atoms with Crippen LogP contribution in [0.5, 0.6) is 0 Å². The zero-order valence-electron chi connectivity index (χ0n) is 19.3. The number of carbonyl (C=O) groups excluding carboxylic acids is 1. The fraction of sp³-hybridized carbons (Fsp3) is 0.160. The lowest BCUT2D eigenvalue weighted by atomic mass is 10.0. The molecule has 0 unspecified atom stereocenters. The van der Waals surface area contributed by atoms with Crippen LogP contribution in [0.1, 0.15) is 28.6 Å². The molecule has 0 radical (unpaired) electrons. The minimum absolute atomic E-state index is 0.0108. The normalized spacial score (nSPS) is 12.4. The van der Waals surface area contributed by atoms with Crippen LogP contribution in [0.15, 0.2) is 77.7 Å². The number of carbonyl (C=O) groups is 1. The van der Waals surface area contributed by atoms with Crippen molar-refractivity contribution in [3.8, 4) is 0 Å². The molecule has 0 aliphatic carbocycles. The third-order valence-electron chi connectivity index (χ3n) is 5.38. The number of sulfonamides is 1. The molecule has 1 amide bonds. The van der Waals surface area contributed by atoms with Crippen LogP contribution in [0, 0.1) is 5.41 Å². The van der Waals surface area contributed by atoms with Crippen LogP contribution in [0.4, 0.5) is 5.69 Å². The Morgan fingerprint density at radius 2 is 1.83 bits per heavy atom. The zero-order valence-corrected chi connectivity index (χ0v) is 20.9. The average molecular weight is 523 g/mol. The molecule has 0 saturated heterocycles. The van der Waals surface area contributed by atoms with Gasteiger partial charge in [0.15, 0.2) is 0 Å². The molecule has 1 heterocycles. The Hall–Kier alpha value is -3.64. The number of nitrogen functional groups attached to an aromatic ring is 1. The molecule has 0 aliphatic heterocycles. The lowest BCUT2D eigenvalue weighted by Crippen LogP contribution is -2.30.